The lowest BCUT2D eigenvalue weighted by Gasteiger charge is -2.06. The molecule has 22 heavy (non-hydrogen) atoms. The lowest BCUT2D eigenvalue weighted by Crippen LogP contribution is -2.13. The maximum absolute atomic E-state index is 12.1. The SMILES string of the molecule is N#CC(=Cc1cc(Br)ccc1O)C(=O)Nc1ccccc1O. The van der Waals surface area contributed by atoms with E-state index in [9.17, 15) is 15.0 Å². The van der Waals surface area contributed by atoms with E-state index in [0.717, 1.165) is 0 Å². The van der Waals surface area contributed by atoms with Gasteiger partial charge in [-0.05, 0) is 36.4 Å². The number of carbonyl (C=O) groups is 1. The lowest BCUT2D eigenvalue weighted by atomic mass is 10.1. The van der Waals surface area contributed by atoms with Gasteiger partial charge in [-0.25, -0.2) is 0 Å². The second kappa shape index (κ2) is 6.78. The molecule has 2 aromatic rings. The number of rotatable bonds is 3. The Balaban J connectivity index is 2.30. The van der Waals surface area contributed by atoms with Crippen LogP contribution in [0.5, 0.6) is 11.5 Å². The highest BCUT2D eigenvalue weighted by Crippen LogP contribution is 2.25. The van der Waals surface area contributed by atoms with E-state index in [-0.39, 0.29) is 22.8 Å². The van der Waals surface area contributed by atoms with Gasteiger partial charge < -0.3 is 15.5 Å². The van der Waals surface area contributed by atoms with Crippen LogP contribution in [0, 0.1) is 11.3 Å². The molecule has 0 bridgehead atoms. The van der Waals surface area contributed by atoms with Crippen LogP contribution >= 0.6 is 15.9 Å². The van der Waals surface area contributed by atoms with Crippen LogP contribution in [-0.2, 0) is 4.79 Å². The third-order valence-electron chi connectivity index (χ3n) is 2.81. The van der Waals surface area contributed by atoms with Crippen molar-refractivity contribution in [3.8, 4) is 17.6 Å². The second-order valence-corrected chi connectivity index (χ2v) is 5.26. The average molecular weight is 359 g/mol. The fourth-order valence-electron chi connectivity index (χ4n) is 1.71. The Morgan fingerprint density at radius 1 is 1.18 bits per heavy atom. The molecule has 5 nitrogen and oxygen atoms in total. The number of nitrogens with zero attached hydrogens (tertiary/aromatic N) is 1. The third kappa shape index (κ3) is 3.65. The first-order chi connectivity index (χ1) is 10.5. The minimum atomic E-state index is -0.677. The summed E-state index contributed by atoms with van der Waals surface area (Å²) in [5, 5.41) is 30.9. The van der Waals surface area contributed by atoms with Crippen LogP contribution < -0.4 is 5.32 Å². The van der Waals surface area contributed by atoms with Gasteiger partial charge in [-0.15, -0.1) is 0 Å². The van der Waals surface area contributed by atoms with Crippen LogP contribution in [0.3, 0.4) is 0 Å². The van der Waals surface area contributed by atoms with E-state index in [4.69, 9.17) is 5.26 Å². The van der Waals surface area contributed by atoms with Crippen LogP contribution in [0.15, 0.2) is 52.5 Å². The molecule has 0 saturated heterocycles. The van der Waals surface area contributed by atoms with Crippen molar-refractivity contribution in [1.82, 2.24) is 0 Å². The molecule has 3 N–H and O–H groups in total. The predicted octanol–water partition coefficient (Wildman–Crippen LogP) is 3.41. The molecule has 0 aliphatic carbocycles. The maximum atomic E-state index is 12.1. The number of nitriles is 1. The highest BCUT2D eigenvalue weighted by Gasteiger charge is 2.12. The molecule has 0 saturated carbocycles. The third-order valence-corrected chi connectivity index (χ3v) is 3.30. The van der Waals surface area contributed by atoms with E-state index in [0.29, 0.717) is 10.0 Å². The summed E-state index contributed by atoms with van der Waals surface area (Å²) in [6.07, 6.45) is 1.27. The Morgan fingerprint density at radius 2 is 1.91 bits per heavy atom. The number of phenolic OH excluding ortho intramolecular Hbond substituents is 2. The molecule has 0 aromatic heterocycles. The fourth-order valence-corrected chi connectivity index (χ4v) is 2.09. The van der Waals surface area contributed by atoms with E-state index >= 15 is 0 Å². The largest absolute Gasteiger partial charge is 0.507 e. The molecule has 0 radical (unpaired) electrons. The van der Waals surface area contributed by atoms with Gasteiger partial charge in [0, 0.05) is 10.0 Å². The molecule has 6 heteroatoms. The molecular weight excluding hydrogens is 348 g/mol. The number of aromatic hydroxyl groups is 2. The highest BCUT2D eigenvalue weighted by molar-refractivity contribution is 9.10. The van der Waals surface area contributed by atoms with Gasteiger partial charge in [-0.2, -0.15) is 5.26 Å². The number of benzene rings is 2. The van der Waals surface area contributed by atoms with Crippen LogP contribution in [0.4, 0.5) is 5.69 Å². The average Bonchev–Trinajstić information content (AvgIpc) is 2.50. The number of hydrogen-bond acceptors (Lipinski definition) is 4. The summed E-state index contributed by atoms with van der Waals surface area (Å²) in [6, 6.07) is 12.6. The normalized spacial score (nSPS) is 10.8. The van der Waals surface area contributed by atoms with E-state index in [2.05, 4.69) is 21.2 Å². The number of hydrogen-bond donors (Lipinski definition) is 3. The Labute approximate surface area is 135 Å². The van der Waals surface area contributed by atoms with Gasteiger partial charge in [0.05, 0.1) is 5.69 Å². The Bertz CT molecular complexity index is 794. The zero-order chi connectivity index (χ0) is 16.1. The molecule has 0 aliphatic heterocycles. The molecule has 0 aliphatic rings. The Hall–Kier alpha value is -2.78. The van der Waals surface area contributed by atoms with Crippen molar-refractivity contribution in [3.63, 3.8) is 0 Å². The van der Waals surface area contributed by atoms with Gasteiger partial charge >= 0.3 is 0 Å². The highest BCUT2D eigenvalue weighted by atomic mass is 79.9. The number of nitrogens with one attached hydrogen (secondary N) is 1. The molecular formula is C16H11BrN2O3. The van der Waals surface area contributed by atoms with Gasteiger partial charge in [0.2, 0.25) is 0 Å². The molecule has 0 atom stereocenters. The van der Waals surface area contributed by atoms with Gasteiger partial charge in [0.1, 0.15) is 23.1 Å². The minimum absolute atomic E-state index is 0.0497. The summed E-state index contributed by atoms with van der Waals surface area (Å²) in [4.78, 5) is 12.1. The quantitative estimate of drug-likeness (QED) is 0.445. The van der Waals surface area contributed by atoms with Crippen LogP contribution in [0.1, 0.15) is 5.56 Å². The second-order valence-electron chi connectivity index (χ2n) is 4.34. The van der Waals surface area contributed by atoms with Crippen molar-refractivity contribution in [3.05, 3.63) is 58.1 Å². The van der Waals surface area contributed by atoms with Gasteiger partial charge in [-0.1, -0.05) is 28.1 Å². The van der Waals surface area contributed by atoms with Gasteiger partial charge in [0.15, 0.2) is 0 Å². The van der Waals surface area contributed by atoms with Crippen LogP contribution in [0.25, 0.3) is 6.08 Å². The maximum Gasteiger partial charge on any atom is 0.266 e. The summed E-state index contributed by atoms with van der Waals surface area (Å²) in [5.41, 5.74) is 0.335. The van der Waals surface area contributed by atoms with E-state index in [1.165, 1.54) is 24.3 Å². The topological polar surface area (TPSA) is 93.3 Å². The van der Waals surface area contributed by atoms with Gasteiger partial charge in [-0.3, -0.25) is 4.79 Å². The minimum Gasteiger partial charge on any atom is -0.507 e. The summed E-state index contributed by atoms with van der Waals surface area (Å²) in [6.45, 7) is 0. The summed E-state index contributed by atoms with van der Waals surface area (Å²) in [5.74, 6) is -0.826. The first kappa shape index (κ1) is 15.6. The number of carbonyl (C=O) groups excluding carboxylic acids is 1. The molecule has 0 spiro atoms. The van der Waals surface area contributed by atoms with Crippen molar-refractivity contribution in [1.29, 1.82) is 5.26 Å². The molecule has 2 aromatic carbocycles. The smallest absolute Gasteiger partial charge is 0.266 e. The van der Waals surface area contributed by atoms with E-state index in [1.807, 2.05) is 0 Å². The van der Waals surface area contributed by atoms with Crippen molar-refractivity contribution in [2.24, 2.45) is 0 Å². The zero-order valence-electron chi connectivity index (χ0n) is 11.2. The van der Waals surface area contributed by atoms with E-state index in [1.54, 1.807) is 30.3 Å². The van der Waals surface area contributed by atoms with Crippen molar-refractivity contribution in [2.75, 3.05) is 5.32 Å². The monoisotopic (exact) mass is 358 g/mol. The number of halogens is 1. The molecule has 2 rings (SSSR count). The zero-order valence-corrected chi connectivity index (χ0v) is 12.8. The molecule has 0 unspecified atom stereocenters. The molecule has 0 fully saturated rings. The lowest BCUT2D eigenvalue weighted by molar-refractivity contribution is -0.112. The summed E-state index contributed by atoms with van der Waals surface area (Å²) in [7, 11) is 0. The van der Waals surface area contributed by atoms with Crippen molar-refractivity contribution in [2.45, 2.75) is 0 Å². The summed E-state index contributed by atoms with van der Waals surface area (Å²) < 4.78 is 0.704. The Morgan fingerprint density at radius 3 is 2.59 bits per heavy atom. The van der Waals surface area contributed by atoms with Gasteiger partial charge in [0.25, 0.3) is 5.91 Å². The summed E-state index contributed by atoms with van der Waals surface area (Å²) >= 11 is 3.25. The number of phenols is 2. The van der Waals surface area contributed by atoms with Crippen LogP contribution in [0.2, 0.25) is 0 Å². The Kier molecular flexibility index (Phi) is 4.81. The number of anilines is 1. The van der Waals surface area contributed by atoms with Crippen molar-refractivity contribution >= 4 is 33.6 Å². The molecule has 0 heterocycles. The standard InChI is InChI=1S/C16H11BrN2O3/c17-12-5-6-14(20)10(8-12)7-11(9-18)16(22)19-13-3-1-2-4-15(13)21/h1-8,20-21H,(H,19,22). The first-order valence-electron chi connectivity index (χ1n) is 6.21. The number of para-hydroxylation sites is 2. The number of amides is 1. The van der Waals surface area contributed by atoms with E-state index < -0.39 is 5.91 Å². The predicted molar refractivity (Wildman–Crippen MR) is 86.1 cm³/mol. The fraction of sp³-hybridized carbons (Fsp3) is 0. The van der Waals surface area contributed by atoms with Crippen LogP contribution in [-0.4, -0.2) is 16.1 Å². The molecule has 110 valence electrons. The van der Waals surface area contributed by atoms with Crippen molar-refractivity contribution < 1.29 is 15.0 Å². The first-order valence-corrected chi connectivity index (χ1v) is 7.00. The molecule has 1 amide bonds.